The fourth-order valence-electron chi connectivity index (χ4n) is 2.12. The molecule has 1 unspecified atom stereocenters. The van der Waals surface area contributed by atoms with Crippen LogP contribution in [0.25, 0.3) is 0 Å². The quantitative estimate of drug-likeness (QED) is 0.860. The van der Waals surface area contributed by atoms with E-state index in [2.05, 4.69) is 4.98 Å². The third kappa shape index (κ3) is 3.96. The molecule has 1 saturated heterocycles. The Kier molecular flexibility index (Phi) is 4.55. The molecule has 114 valence electrons. The van der Waals surface area contributed by atoms with Crippen LogP contribution in [-0.2, 0) is 15.8 Å². The molecule has 0 aromatic carbocycles. The summed E-state index contributed by atoms with van der Waals surface area (Å²) in [5.41, 5.74) is -0.827. The lowest BCUT2D eigenvalue weighted by Crippen LogP contribution is -2.25. The maximum absolute atomic E-state index is 12.6. The lowest BCUT2D eigenvalue weighted by molar-refractivity contribution is -0.141. The van der Waals surface area contributed by atoms with Crippen LogP contribution in [0.2, 0.25) is 0 Å². The highest BCUT2D eigenvalue weighted by atomic mass is 32.2. The van der Waals surface area contributed by atoms with Gasteiger partial charge in [-0.2, -0.15) is 13.2 Å². The molecule has 1 fully saturated rings. The van der Waals surface area contributed by atoms with E-state index in [9.17, 15) is 22.8 Å². The second kappa shape index (κ2) is 6.05. The number of carbonyl (C=O) groups is 2. The van der Waals surface area contributed by atoms with Gasteiger partial charge in [-0.15, -0.1) is 0 Å². The average molecular weight is 318 g/mol. The van der Waals surface area contributed by atoms with Gasteiger partial charge in [0.1, 0.15) is 5.69 Å². The van der Waals surface area contributed by atoms with Crippen molar-refractivity contribution in [3.63, 3.8) is 0 Å². The van der Waals surface area contributed by atoms with E-state index in [1.807, 2.05) is 0 Å². The summed E-state index contributed by atoms with van der Waals surface area (Å²) in [5.74, 6) is 0.229. The van der Waals surface area contributed by atoms with Gasteiger partial charge in [0.05, 0.1) is 0 Å². The zero-order chi connectivity index (χ0) is 15.6. The summed E-state index contributed by atoms with van der Waals surface area (Å²) in [6, 6.07) is 2.26. The first kappa shape index (κ1) is 15.8. The topological polar surface area (TPSA) is 50.3 Å². The number of rotatable bonds is 3. The van der Waals surface area contributed by atoms with E-state index in [4.69, 9.17) is 0 Å². The standard InChI is InChI=1S/C13H13F3N2O2S/c1-8(19)21-7-9-4-12(20)18(6-9)10-2-3-17-11(5-10)13(14,15)16/h2-3,5,9H,4,6-7H2,1H3. The lowest BCUT2D eigenvalue weighted by atomic mass is 10.1. The van der Waals surface area contributed by atoms with Crippen LogP contribution in [0.15, 0.2) is 18.3 Å². The van der Waals surface area contributed by atoms with Gasteiger partial charge in [-0.05, 0) is 18.1 Å². The molecule has 2 rings (SSSR count). The number of thioether (sulfide) groups is 1. The van der Waals surface area contributed by atoms with Gasteiger partial charge >= 0.3 is 6.18 Å². The number of hydrogen-bond acceptors (Lipinski definition) is 4. The molecule has 1 aliphatic heterocycles. The Morgan fingerprint density at radius 2 is 2.24 bits per heavy atom. The van der Waals surface area contributed by atoms with Crippen molar-refractivity contribution < 1.29 is 22.8 Å². The minimum atomic E-state index is -4.54. The first-order valence-electron chi connectivity index (χ1n) is 6.24. The summed E-state index contributed by atoms with van der Waals surface area (Å²) in [6.07, 6.45) is -3.25. The summed E-state index contributed by atoms with van der Waals surface area (Å²) in [7, 11) is 0. The van der Waals surface area contributed by atoms with Gasteiger partial charge in [-0.3, -0.25) is 14.6 Å². The highest BCUT2D eigenvalue weighted by Gasteiger charge is 2.35. The van der Waals surface area contributed by atoms with Crippen molar-refractivity contribution in [2.75, 3.05) is 17.2 Å². The van der Waals surface area contributed by atoms with Crippen LogP contribution in [0.1, 0.15) is 19.0 Å². The van der Waals surface area contributed by atoms with Crippen LogP contribution in [0.5, 0.6) is 0 Å². The van der Waals surface area contributed by atoms with E-state index in [0.717, 1.165) is 24.0 Å². The number of amides is 1. The van der Waals surface area contributed by atoms with E-state index in [-0.39, 0.29) is 29.0 Å². The van der Waals surface area contributed by atoms with Crippen LogP contribution in [0.4, 0.5) is 18.9 Å². The number of anilines is 1. The predicted molar refractivity (Wildman–Crippen MR) is 72.8 cm³/mol. The molecular weight excluding hydrogens is 305 g/mol. The molecule has 8 heteroatoms. The highest BCUT2D eigenvalue weighted by Crippen LogP contribution is 2.32. The maximum atomic E-state index is 12.6. The van der Waals surface area contributed by atoms with Gasteiger partial charge in [0, 0.05) is 37.5 Å². The minimum absolute atomic E-state index is 0.0334. The van der Waals surface area contributed by atoms with Crippen molar-refractivity contribution in [2.45, 2.75) is 19.5 Å². The maximum Gasteiger partial charge on any atom is 0.433 e. The molecule has 1 aliphatic rings. The Morgan fingerprint density at radius 1 is 1.52 bits per heavy atom. The Morgan fingerprint density at radius 3 is 2.86 bits per heavy atom. The van der Waals surface area contributed by atoms with Gasteiger partial charge in [0.15, 0.2) is 5.12 Å². The van der Waals surface area contributed by atoms with Gasteiger partial charge in [-0.25, -0.2) is 0 Å². The first-order chi connectivity index (χ1) is 9.77. The molecule has 0 bridgehead atoms. The largest absolute Gasteiger partial charge is 0.433 e. The predicted octanol–water partition coefficient (Wildman–Crippen LogP) is 2.73. The molecule has 1 aromatic rings. The van der Waals surface area contributed by atoms with Crippen LogP contribution < -0.4 is 4.90 Å². The lowest BCUT2D eigenvalue weighted by Gasteiger charge is -2.17. The zero-order valence-corrected chi connectivity index (χ0v) is 12.0. The SMILES string of the molecule is CC(=O)SCC1CC(=O)N(c2ccnc(C(F)(F)F)c2)C1. The van der Waals surface area contributed by atoms with Crippen molar-refractivity contribution >= 4 is 28.5 Å². The fourth-order valence-corrected chi connectivity index (χ4v) is 2.81. The normalized spacial score (nSPS) is 19.1. The van der Waals surface area contributed by atoms with Crippen molar-refractivity contribution in [1.82, 2.24) is 4.98 Å². The Bertz CT molecular complexity index is 563. The number of aromatic nitrogens is 1. The number of pyridine rings is 1. The van der Waals surface area contributed by atoms with E-state index in [1.54, 1.807) is 0 Å². The molecule has 0 N–H and O–H groups in total. The molecule has 1 atom stereocenters. The summed E-state index contributed by atoms with van der Waals surface area (Å²) >= 11 is 1.13. The van der Waals surface area contributed by atoms with Crippen LogP contribution in [-0.4, -0.2) is 28.3 Å². The van der Waals surface area contributed by atoms with Gasteiger partial charge in [-0.1, -0.05) is 11.8 Å². The molecule has 0 aliphatic carbocycles. The third-order valence-corrected chi connectivity index (χ3v) is 4.12. The number of alkyl halides is 3. The Hall–Kier alpha value is -1.57. The van der Waals surface area contributed by atoms with E-state index in [0.29, 0.717) is 12.3 Å². The molecule has 1 aromatic heterocycles. The second-order valence-corrected chi connectivity index (χ2v) is 5.97. The van der Waals surface area contributed by atoms with Crippen LogP contribution >= 0.6 is 11.8 Å². The molecule has 0 spiro atoms. The van der Waals surface area contributed by atoms with E-state index < -0.39 is 11.9 Å². The smallest absolute Gasteiger partial charge is 0.312 e. The summed E-state index contributed by atoms with van der Waals surface area (Å²) < 4.78 is 37.9. The first-order valence-corrected chi connectivity index (χ1v) is 7.23. The minimum Gasteiger partial charge on any atom is -0.312 e. The monoisotopic (exact) mass is 318 g/mol. The fraction of sp³-hybridized carbons (Fsp3) is 0.462. The molecule has 0 saturated carbocycles. The van der Waals surface area contributed by atoms with Crippen molar-refractivity contribution in [3.8, 4) is 0 Å². The van der Waals surface area contributed by atoms with Crippen molar-refractivity contribution in [3.05, 3.63) is 24.0 Å². The van der Waals surface area contributed by atoms with E-state index in [1.165, 1.54) is 17.9 Å². The van der Waals surface area contributed by atoms with Crippen molar-refractivity contribution in [1.29, 1.82) is 0 Å². The van der Waals surface area contributed by atoms with Crippen LogP contribution in [0, 0.1) is 5.92 Å². The van der Waals surface area contributed by atoms with E-state index >= 15 is 0 Å². The number of hydrogen-bond donors (Lipinski definition) is 0. The molecule has 1 amide bonds. The molecule has 4 nitrogen and oxygen atoms in total. The van der Waals surface area contributed by atoms with Gasteiger partial charge < -0.3 is 4.90 Å². The summed E-state index contributed by atoms with van der Waals surface area (Å²) in [5, 5.41) is -0.0378. The van der Waals surface area contributed by atoms with Gasteiger partial charge in [0.2, 0.25) is 5.91 Å². The second-order valence-electron chi connectivity index (χ2n) is 4.77. The molecule has 21 heavy (non-hydrogen) atoms. The Balaban J connectivity index is 2.12. The molecule has 2 heterocycles. The summed E-state index contributed by atoms with van der Waals surface area (Å²) in [4.78, 5) is 27.4. The van der Waals surface area contributed by atoms with Crippen LogP contribution in [0.3, 0.4) is 0 Å². The number of nitrogens with zero attached hydrogens (tertiary/aromatic N) is 2. The molecule has 0 radical (unpaired) electrons. The third-order valence-electron chi connectivity index (χ3n) is 3.07. The van der Waals surface area contributed by atoms with Gasteiger partial charge in [0.25, 0.3) is 0 Å². The summed E-state index contributed by atoms with van der Waals surface area (Å²) in [6.45, 7) is 1.76. The van der Waals surface area contributed by atoms with Crippen molar-refractivity contribution in [2.24, 2.45) is 5.92 Å². The number of carbonyl (C=O) groups excluding carboxylic acids is 2. The zero-order valence-electron chi connectivity index (χ0n) is 11.2. The average Bonchev–Trinajstić information content (AvgIpc) is 2.77. The Labute approximate surface area is 123 Å². The number of halogens is 3. The highest BCUT2D eigenvalue weighted by molar-refractivity contribution is 8.13. The molecular formula is C13H13F3N2O2S.